The lowest BCUT2D eigenvalue weighted by molar-refractivity contribution is -0.129. The van der Waals surface area contributed by atoms with Gasteiger partial charge in [0.15, 0.2) is 0 Å². The summed E-state index contributed by atoms with van der Waals surface area (Å²) in [6.45, 7) is -2.00. The molecule has 0 aromatic heterocycles. The third kappa shape index (κ3) is 7.78. The van der Waals surface area contributed by atoms with E-state index in [2.05, 4.69) is 4.74 Å². The SMILES string of the molecule is NCCCCOC(F)F. The fourth-order valence-corrected chi connectivity index (χ4v) is 0.419. The van der Waals surface area contributed by atoms with Crippen molar-refractivity contribution in [1.82, 2.24) is 0 Å². The minimum Gasteiger partial charge on any atom is -0.330 e. The van der Waals surface area contributed by atoms with E-state index >= 15 is 0 Å². The van der Waals surface area contributed by atoms with Crippen LogP contribution in [0.2, 0.25) is 0 Å². The summed E-state index contributed by atoms with van der Waals surface area (Å²) in [5.74, 6) is 0. The van der Waals surface area contributed by atoms with Gasteiger partial charge in [-0.05, 0) is 19.4 Å². The Labute approximate surface area is 53.0 Å². The summed E-state index contributed by atoms with van der Waals surface area (Å²) in [7, 11) is 0. The highest BCUT2D eigenvalue weighted by Crippen LogP contribution is 1.96. The zero-order valence-electron chi connectivity index (χ0n) is 5.15. The Morgan fingerprint density at radius 1 is 1.33 bits per heavy atom. The van der Waals surface area contributed by atoms with Gasteiger partial charge in [-0.1, -0.05) is 0 Å². The average molecular weight is 139 g/mol. The Morgan fingerprint density at radius 2 is 2.00 bits per heavy atom. The lowest BCUT2D eigenvalue weighted by Gasteiger charge is -1.99. The van der Waals surface area contributed by atoms with Crippen molar-refractivity contribution in [2.45, 2.75) is 19.5 Å². The molecular weight excluding hydrogens is 128 g/mol. The number of alkyl halides is 2. The van der Waals surface area contributed by atoms with Crippen LogP contribution in [0.15, 0.2) is 0 Å². The van der Waals surface area contributed by atoms with E-state index in [9.17, 15) is 8.78 Å². The first-order valence-electron chi connectivity index (χ1n) is 2.87. The zero-order valence-corrected chi connectivity index (χ0v) is 5.15. The van der Waals surface area contributed by atoms with E-state index in [1.807, 2.05) is 0 Å². The summed E-state index contributed by atoms with van der Waals surface area (Å²) in [5.41, 5.74) is 5.10. The van der Waals surface area contributed by atoms with Crippen molar-refractivity contribution in [3.05, 3.63) is 0 Å². The van der Waals surface area contributed by atoms with Crippen molar-refractivity contribution in [3.63, 3.8) is 0 Å². The first-order valence-corrected chi connectivity index (χ1v) is 2.87. The van der Waals surface area contributed by atoms with Gasteiger partial charge >= 0.3 is 6.61 Å². The summed E-state index contributed by atoms with van der Waals surface area (Å²) in [4.78, 5) is 0. The summed E-state index contributed by atoms with van der Waals surface area (Å²) in [5, 5.41) is 0. The van der Waals surface area contributed by atoms with Crippen LogP contribution in [0.5, 0.6) is 0 Å². The third-order valence-corrected chi connectivity index (χ3v) is 0.842. The van der Waals surface area contributed by atoms with Gasteiger partial charge in [-0.2, -0.15) is 8.78 Å². The van der Waals surface area contributed by atoms with Crippen LogP contribution in [0.25, 0.3) is 0 Å². The lowest BCUT2D eigenvalue weighted by Crippen LogP contribution is -2.04. The van der Waals surface area contributed by atoms with Crippen molar-refractivity contribution < 1.29 is 13.5 Å². The molecule has 0 saturated heterocycles. The van der Waals surface area contributed by atoms with Crippen molar-refractivity contribution >= 4 is 0 Å². The van der Waals surface area contributed by atoms with Crippen LogP contribution in [-0.4, -0.2) is 19.8 Å². The molecule has 0 saturated carbocycles. The molecule has 0 fully saturated rings. The highest BCUT2D eigenvalue weighted by Gasteiger charge is 1.98. The number of unbranched alkanes of at least 4 members (excludes halogenated alkanes) is 1. The van der Waals surface area contributed by atoms with Crippen LogP contribution >= 0.6 is 0 Å². The Bertz CT molecular complexity index is 60.9. The summed E-state index contributed by atoms with van der Waals surface area (Å²) < 4.78 is 26.4. The fourth-order valence-electron chi connectivity index (χ4n) is 0.419. The molecule has 56 valence electrons. The maximum Gasteiger partial charge on any atom is 0.345 e. The molecule has 2 nitrogen and oxygen atoms in total. The molecule has 0 aliphatic carbocycles. The van der Waals surface area contributed by atoms with Crippen molar-refractivity contribution in [2.75, 3.05) is 13.2 Å². The molecule has 0 radical (unpaired) electrons. The number of halogens is 2. The van der Waals surface area contributed by atoms with Crippen LogP contribution < -0.4 is 5.73 Å². The second kappa shape index (κ2) is 5.91. The maximum absolute atomic E-state index is 11.2. The van der Waals surface area contributed by atoms with E-state index < -0.39 is 6.61 Å². The molecule has 0 atom stereocenters. The molecule has 0 aliphatic heterocycles. The fraction of sp³-hybridized carbons (Fsp3) is 1.00. The Kier molecular flexibility index (Phi) is 5.76. The monoisotopic (exact) mass is 139 g/mol. The van der Waals surface area contributed by atoms with Gasteiger partial charge < -0.3 is 10.5 Å². The predicted octanol–water partition coefficient (Wildman–Crippen LogP) is 0.965. The molecule has 0 aromatic carbocycles. The molecule has 0 aliphatic rings. The maximum atomic E-state index is 11.2. The van der Waals surface area contributed by atoms with Gasteiger partial charge in [0.2, 0.25) is 0 Å². The van der Waals surface area contributed by atoms with Crippen LogP contribution in [0.4, 0.5) is 8.78 Å². The van der Waals surface area contributed by atoms with Crippen molar-refractivity contribution in [3.8, 4) is 0 Å². The molecule has 0 heterocycles. The van der Waals surface area contributed by atoms with Gasteiger partial charge in [0, 0.05) is 0 Å². The smallest absolute Gasteiger partial charge is 0.330 e. The highest BCUT2D eigenvalue weighted by molar-refractivity contribution is 4.37. The molecule has 9 heavy (non-hydrogen) atoms. The van der Waals surface area contributed by atoms with E-state index in [1.165, 1.54) is 0 Å². The summed E-state index contributed by atoms with van der Waals surface area (Å²) >= 11 is 0. The van der Waals surface area contributed by atoms with Gasteiger partial charge in [-0.25, -0.2) is 0 Å². The van der Waals surface area contributed by atoms with Gasteiger partial charge in [-0.3, -0.25) is 0 Å². The predicted molar refractivity (Wildman–Crippen MR) is 30.2 cm³/mol. The minimum absolute atomic E-state index is 0.106. The van der Waals surface area contributed by atoms with E-state index in [1.54, 1.807) is 0 Å². The quantitative estimate of drug-likeness (QED) is 0.576. The molecule has 0 bridgehead atoms. The number of hydrogen-bond acceptors (Lipinski definition) is 2. The minimum atomic E-state index is -2.64. The number of rotatable bonds is 5. The van der Waals surface area contributed by atoms with E-state index in [0.717, 1.165) is 6.42 Å². The molecule has 0 rings (SSSR count). The number of hydrogen-bond donors (Lipinski definition) is 1. The van der Waals surface area contributed by atoms with Crippen LogP contribution in [0.1, 0.15) is 12.8 Å². The molecule has 0 unspecified atom stereocenters. The standard InChI is InChI=1S/C5H11F2NO/c6-5(7)9-4-2-1-3-8/h5H,1-4,8H2. The molecule has 4 heteroatoms. The molecule has 0 spiro atoms. The van der Waals surface area contributed by atoms with Crippen LogP contribution in [0, 0.1) is 0 Å². The molecule has 0 aromatic rings. The first kappa shape index (κ1) is 8.78. The van der Waals surface area contributed by atoms with Gasteiger partial charge in [0.1, 0.15) is 0 Å². The van der Waals surface area contributed by atoms with Crippen molar-refractivity contribution in [2.24, 2.45) is 5.73 Å². The molecule has 0 amide bonds. The molecular formula is C5H11F2NO. The highest BCUT2D eigenvalue weighted by atomic mass is 19.3. The largest absolute Gasteiger partial charge is 0.345 e. The summed E-state index contributed by atoms with van der Waals surface area (Å²) in [6.07, 6.45) is 1.35. The van der Waals surface area contributed by atoms with E-state index in [-0.39, 0.29) is 6.61 Å². The summed E-state index contributed by atoms with van der Waals surface area (Å²) in [6, 6.07) is 0. The topological polar surface area (TPSA) is 35.2 Å². The Morgan fingerprint density at radius 3 is 2.44 bits per heavy atom. The lowest BCUT2D eigenvalue weighted by atomic mass is 10.3. The second-order valence-electron chi connectivity index (χ2n) is 1.63. The van der Waals surface area contributed by atoms with Gasteiger partial charge in [-0.15, -0.1) is 0 Å². The Balaban J connectivity index is 2.75. The second-order valence-corrected chi connectivity index (χ2v) is 1.63. The number of nitrogens with two attached hydrogens (primary N) is 1. The normalized spacial score (nSPS) is 10.7. The first-order chi connectivity index (χ1) is 4.27. The van der Waals surface area contributed by atoms with Crippen LogP contribution in [0.3, 0.4) is 0 Å². The Hall–Kier alpha value is -0.220. The zero-order chi connectivity index (χ0) is 7.11. The van der Waals surface area contributed by atoms with E-state index in [0.29, 0.717) is 13.0 Å². The van der Waals surface area contributed by atoms with Crippen molar-refractivity contribution in [1.29, 1.82) is 0 Å². The van der Waals surface area contributed by atoms with E-state index in [4.69, 9.17) is 5.73 Å². The molecule has 2 N–H and O–H groups in total. The van der Waals surface area contributed by atoms with Crippen LogP contribution in [-0.2, 0) is 4.74 Å². The third-order valence-electron chi connectivity index (χ3n) is 0.842. The van der Waals surface area contributed by atoms with Gasteiger partial charge in [0.25, 0.3) is 0 Å². The van der Waals surface area contributed by atoms with Gasteiger partial charge in [0.05, 0.1) is 6.61 Å². The number of ether oxygens (including phenoxy) is 1. The average Bonchev–Trinajstić information content (AvgIpc) is 1.80.